The van der Waals surface area contributed by atoms with Crippen LogP contribution in [0, 0.1) is 25.2 Å². The highest BCUT2D eigenvalue weighted by molar-refractivity contribution is 5.32. The van der Waals surface area contributed by atoms with E-state index in [0.717, 1.165) is 12.5 Å². The van der Waals surface area contributed by atoms with Gasteiger partial charge in [0.25, 0.3) is 0 Å². The number of hydrogen-bond acceptors (Lipinski definition) is 1. The molecule has 1 nitrogen and oxygen atoms in total. The molecular formula is C16H25N. The molecule has 17 heavy (non-hydrogen) atoms. The summed E-state index contributed by atoms with van der Waals surface area (Å²) in [6, 6.07) is 6.59. The van der Waals surface area contributed by atoms with Gasteiger partial charge < -0.3 is 5.32 Å². The summed E-state index contributed by atoms with van der Waals surface area (Å²) in [4.78, 5) is 0. The molecule has 0 saturated heterocycles. The Hall–Kier alpha value is -0.820. The fourth-order valence-electron chi connectivity index (χ4n) is 2.57. The molecule has 1 aliphatic rings. The largest absolute Gasteiger partial charge is 0.312 e. The SMILES string of the molecule is Cc1cccc(CNCC2(C(C)C)CC2)c1C. The van der Waals surface area contributed by atoms with Gasteiger partial charge in [0.15, 0.2) is 0 Å². The molecule has 0 unspecified atom stereocenters. The van der Waals surface area contributed by atoms with Gasteiger partial charge in [-0.05, 0) is 54.7 Å². The van der Waals surface area contributed by atoms with Crippen LogP contribution in [0.4, 0.5) is 0 Å². The van der Waals surface area contributed by atoms with E-state index in [1.54, 1.807) is 0 Å². The zero-order valence-corrected chi connectivity index (χ0v) is 11.6. The van der Waals surface area contributed by atoms with E-state index in [2.05, 4.69) is 51.2 Å². The van der Waals surface area contributed by atoms with Crippen LogP contribution in [-0.2, 0) is 6.54 Å². The fourth-order valence-corrected chi connectivity index (χ4v) is 2.57. The van der Waals surface area contributed by atoms with Crippen molar-refractivity contribution < 1.29 is 0 Å². The first-order chi connectivity index (χ1) is 8.05. The Morgan fingerprint density at radius 3 is 2.53 bits per heavy atom. The first-order valence-electron chi connectivity index (χ1n) is 6.81. The van der Waals surface area contributed by atoms with Crippen LogP contribution < -0.4 is 5.32 Å². The summed E-state index contributed by atoms with van der Waals surface area (Å²) in [5.41, 5.74) is 4.89. The quantitative estimate of drug-likeness (QED) is 0.812. The summed E-state index contributed by atoms with van der Waals surface area (Å²) < 4.78 is 0. The van der Waals surface area contributed by atoms with Gasteiger partial charge in [-0.1, -0.05) is 32.0 Å². The summed E-state index contributed by atoms with van der Waals surface area (Å²) in [5.74, 6) is 0.814. The second-order valence-corrected chi connectivity index (χ2v) is 5.98. The minimum atomic E-state index is 0.609. The molecule has 0 heterocycles. The zero-order valence-electron chi connectivity index (χ0n) is 11.6. The molecule has 0 atom stereocenters. The lowest BCUT2D eigenvalue weighted by Gasteiger charge is -2.20. The highest BCUT2D eigenvalue weighted by Gasteiger charge is 2.44. The van der Waals surface area contributed by atoms with Crippen LogP contribution in [0.3, 0.4) is 0 Å². The molecule has 0 aliphatic heterocycles. The molecule has 1 fully saturated rings. The standard InChI is InChI=1S/C16H25N/c1-12(2)16(8-9-16)11-17-10-15-7-5-6-13(3)14(15)4/h5-7,12,17H,8-11H2,1-4H3. The Labute approximate surface area is 106 Å². The lowest BCUT2D eigenvalue weighted by Crippen LogP contribution is -2.27. The van der Waals surface area contributed by atoms with Gasteiger partial charge in [-0.25, -0.2) is 0 Å². The van der Waals surface area contributed by atoms with Crippen molar-refractivity contribution in [1.82, 2.24) is 5.32 Å². The predicted molar refractivity (Wildman–Crippen MR) is 74.1 cm³/mol. The van der Waals surface area contributed by atoms with Crippen molar-refractivity contribution in [2.45, 2.75) is 47.1 Å². The molecule has 1 heteroatoms. The van der Waals surface area contributed by atoms with E-state index in [4.69, 9.17) is 0 Å². The predicted octanol–water partition coefficient (Wildman–Crippen LogP) is 3.83. The van der Waals surface area contributed by atoms with E-state index >= 15 is 0 Å². The number of hydrogen-bond donors (Lipinski definition) is 1. The van der Waals surface area contributed by atoms with Crippen molar-refractivity contribution in [1.29, 1.82) is 0 Å². The van der Waals surface area contributed by atoms with Crippen LogP contribution >= 0.6 is 0 Å². The Morgan fingerprint density at radius 2 is 1.94 bits per heavy atom. The third kappa shape index (κ3) is 2.71. The summed E-state index contributed by atoms with van der Waals surface area (Å²) >= 11 is 0. The maximum absolute atomic E-state index is 3.65. The molecule has 0 spiro atoms. The average molecular weight is 231 g/mol. The van der Waals surface area contributed by atoms with E-state index in [0.29, 0.717) is 5.41 Å². The first kappa shape index (κ1) is 12.6. The van der Waals surface area contributed by atoms with Crippen LogP contribution in [0.15, 0.2) is 18.2 Å². The molecule has 1 N–H and O–H groups in total. The van der Waals surface area contributed by atoms with Gasteiger partial charge in [0.2, 0.25) is 0 Å². The molecule has 1 aliphatic carbocycles. The molecule has 1 aromatic carbocycles. The molecule has 1 saturated carbocycles. The summed E-state index contributed by atoms with van der Waals surface area (Å²) in [7, 11) is 0. The minimum absolute atomic E-state index is 0.609. The van der Waals surface area contributed by atoms with Gasteiger partial charge in [0.1, 0.15) is 0 Å². The molecule has 0 amide bonds. The van der Waals surface area contributed by atoms with Crippen LogP contribution in [0.5, 0.6) is 0 Å². The number of benzene rings is 1. The molecular weight excluding hydrogens is 206 g/mol. The number of aryl methyl sites for hydroxylation is 1. The molecule has 1 aromatic rings. The molecule has 94 valence electrons. The molecule has 0 bridgehead atoms. The maximum Gasteiger partial charge on any atom is 0.0208 e. The minimum Gasteiger partial charge on any atom is -0.312 e. The topological polar surface area (TPSA) is 12.0 Å². The Balaban J connectivity index is 1.89. The van der Waals surface area contributed by atoms with E-state index < -0.39 is 0 Å². The molecule has 0 aromatic heterocycles. The summed E-state index contributed by atoms with van der Waals surface area (Å²) in [6.07, 6.45) is 2.81. The van der Waals surface area contributed by atoms with Crippen molar-refractivity contribution >= 4 is 0 Å². The second kappa shape index (κ2) is 4.81. The lowest BCUT2D eigenvalue weighted by atomic mass is 9.92. The van der Waals surface area contributed by atoms with Crippen LogP contribution in [-0.4, -0.2) is 6.54 Å². The number of rotatable bonds is 5. The fraction of sp³-hybridized carbons (Fsp3) is 0.625. The Bertz CT molecular complexity index is 389. The van der Waals surface area contributed by atoms with Crippen LogP contribution in [0.25, 0.3) is 0 Å². The third-order valence-corrected chi connectivity index (χ3v) is 4.63. The third-order valence-electron chi connectivity index (χ3n) is 4.63. The highest BCUT2D eigenvalue weighted by atomic mass is 14.9. The van der Waals surface area contributed by atoms with Gasteiger partial charge in [0.05, 0.1) is 0 Å². The van der Waals surface area contributed by atoms with Crippen LogP contribution in [0.1, 0.15) is 43.4 Å². The normalized spacial score (nSPS) is 17.5. The lowest BCUT2D eigenvalue weighted by molar-refractivity contribution is 0.337. The number of nitrogens with one attached hydrogen (secondary N) is 1. The van der Waals surface area contributed by atoms with E-state index in [-0.39, 0.29) is 0 Å². The van der Waals surface area contributed by atoms with Gasteiger partial charge in [-0.15, -0.1) is 0 Å². The Morgan fingerprint density at radius 1 is 1.24 bits per heavy atom. The second-order valence-electron chi connectivity index (χ2n) is 5.98. The zero-order chi connectivity index (χ0) is 12.5. The maximum atomic E-state index is 3.65. The van der Waals surface area contributed by atoms with Gasteiger partial charge >= 0.3 is 0 Å². The van der Waals surface area contributed by atoms with Gasteiger partial charge in [0, 0.05) is 13.1 Å². The van der Waals surface area contributed by atoms with Crippen molar-refractivity contribution in [2.24, 2.45) is 11.3 Å². The smallest absolute Gasteiger partial charge is 0.0208 e. The monoisotopic (exact) mass is 231 g/mol. The van der Waals surface area contributed by atoms with Gasteiger partial charge in [-0.3, -0.25) is 0 Å². The molecule has 2 rings (SSSR count). The van der Waals surface area contributed by atoms with Crippen molar-refractivity contribution in [3.05, 3.63) is 34.9 Å². The van der Waals surface area contributed by atoms with Crippen molar-refractivity contribution in [2.75, 3.05) is 6.54 Å². The van der Waals surface area contributed by atoms with E-state index in [9.17, 15) is 0 Å². The van der Waals surface area contributed by atoms with Crippen molar-refractivity contribution in [3.63, 3.8) is 0 Å². The Kier molecular flexibility index (Phi) is 3.58. The average Bonchev–Trinajstić information content (AvgIpc) is 3.05. The van der Waals surface area contributed by atoms with E-state index in [1.807, 2.05) is 0 Å². The molecule has 0 radical (unpaired) electrons. The van der Waals surface area contributed by atoms with Crippen molar-refractivity contribution in [3.8, 4) is 0 Å². The highest BCUT2D eigenvalue weighted by Crippen LogP contribution is 2.51. The summed E-state index contributed by atoms with van der Waals surface area (Å²) in [6.45, 7) is 11.3. The first-order valence-corrected chi connectivity index (χ1v) is 6.81. The van der Waals surface area contributed by atoms with Gasteiger partial charge in [-0.2, -0.15) is 0 Å². The van der Waals surface area contributed by atoms with Crippen LogP contribution in [0.2, 0.25) is 0 Å². The van der Waals surface area contributed by atoms with E-state index in [1.165, 1.54) is 36.1 Å². The summed E-state index contributed by atoms with van der Waals surface area (Å²) in [5, 5.41) is 3.65.